The molecule has 0 spiro atoms. The highest BCUT2D eigenvalue weighted by atomic mass is 35.5. The second kappa shape index (κ2) is 7.17. The molecule has 0 aliphatic rings. The van der Waals surface area contributed by atoms with E-state index in [0.29, 0.717) is 24.6 Å². The van der Waals surface area contributed by atoms with Crippen LogP contribution in [0.3, 0.4) is 0 Å². The van der Waals surface area contributed by atoms with E-state index in [0.717, 1.165) is 26.9 Å². The van der Waals surface area contributed by atoms with E-state index in [1.165, 1.54) is 0 Å². The molecule has 124 valence electrons. The molecule has 4 nitrogen and oxygen atoms in total. The van der Waals surface area contributed by atoms with Gasteiger partial charge in [0, 0.05) is 22.4 Å². The number of aromatic nitrogens is 3. The maximum Gasteiger partial charge on any atom is 0.233 e. The summed E-state index contributed by atoms with van der Waals surface area (Å²) in [6.07, 6.45) is 1.17. The van der Waals surface area contributed by atoms with Crippen molar-refractivity contribution in [3.05, 3.63) is 87.3 Å². The number of hydrogen-bond donors (Lipinski definition) is 0. The van der Waals surface area contributed by atoms with Gasteiger partial charge in [-0.1, -0.05) is 59.2 Å². The number of rotatable bonds is 5. The van der Waals surface area contributed by atoms with E-state index in [4.69, 9.17) is 16.1 Å². The van der Waals surface area contributed by atoms with E-state index in [1.54, 1.807) is 11.3 Å². The van der Waals surface area contributed by atoms with Gasteiger partial charge in [-0.15, -0.1) is 11.3 Å². The molecule has 0 unspecified atom stereocenters. The SMILES string of the molecule is Clc1ccc(Cc2noc(Cc3nc(-c4ccccc4)cs3)n2)cc1. The smallest absolute Gasteiger partial charge is 0.233 e. The molecule has 2 aromatic carbocycles. The Morgan fingerprint density at radius 1 is 0.920 bits per heavy atom. The lowest BCUT2D eigenvalue weighted by molar-refractivity contribution is 0.380. The van der Waals surface area contributed by atoms with E-state index in [-0.39, 0.29) is 0 Å². The van der Waals surface area contributed by atoms with Crippen LogP contribution in [0.1, 0.15) is 22.3 Å². The minimum atomic E-state index is 0.547. The van der Waals surface area contributed by atoms with E-state index >= 15 is 0 Å². The van der Waals surface area contributed by atoms with Crippen molar-refractivity contribution in [3.63, 3.8) is 0 Å². The minimum absolute atomic E-state index is 0.547. The summed E-state index contributed by atoms with van der Waals surface area (Å²) >= 11 is 7.50. The van der Waals surface area contributed by atoms with Crippen molar-refractivity contribution in [1.82, 2.24) is 15.1 Å². The van der Waals surface area contributed by atoms with Crippen LogP contribution < -0.4 is 0 Å². The average Bonchev–Trinajstić information content (AvgIpc) is 3.28. The average molecular weight is 368 g/mol. The number of benzene rings is 2. The molecular weight excluding hydrogens is 354 g/mol. The molecule has 0 amide bonds. The molecule has 2 heterocycles. The molecule has 0 bridgehead atoms. The Labute approximate surface area is 154 Å². The number of hydrogen-bond acceptors (Lipinski definition) is 5. The van der Waals surface area contributed by atoms with Gasteiger partial charge in [-0.3, -0.25) is 0 Å². The highest BCUT2D eigenvalue weighted by Gasteiger charge is 2.11. The molecule has 6 heteroatoms. The zero-order valence-electron chi connectivity index (χ0n) is 13.2. The van der Waals surface area contributed by atoms with Gasteiger partial charge < -0.3 is 4.52 Å². The second-order valence-corrected chi connectivity index (χ2v) is 6.96. The van der Waals surface area contributed by atoms with Crippen LogP contribution in [0.4, 0.5) is 0 Å². The topological polar surface area (TPSA) is 51.8 Å². The van der Waals surface area contributed by atoms with Crippen molar-refractivity contribution in [2.75, 3.05) is 0 Å². The lowest BCUT2D eigenvalue weighted by Gasteiger charge is -1.96. The lowest BCUT2D eigenvalue weighted by atomic mass is 10.1. The van der Waals surface area contributed by atoms with Crippen molar-refractivity contribution in [2.45, 2.75) is 12.8 Å². The van der Waals surface area contributed by atoms with E-state index in [2.05, 4.69) is 32.6 Å². The zero-order chi connectivity index (χ0) is 17.1. The predicted molar refractivity (Wildman–Crippen MR) is 98.9 cm³/mol. The summed E-state index contributed by atoms with van der Waals surface area (Å²) in [5, 5.41) is 7.78. The minimum Gasteiger partial charge on any atom is -0.339 e. The van der Waals surface area contributed by atoms with Gasteiger partial charge in [-0.05, 0) is 17.7 Å². The summed E-state index contributed by atoms with van der Waals surface area (Å²) < 4.78 is 5.36. The van der Waals surface area contributed by atoms with Gasteiger partial charge in [0.2, 0.25) is 5.89 Å². The van der Waals surface area contributed by atoms with E-state index in [9.17, 15) is 0 Å². The molecule has 25 heavy (non-hydrogen) atoms. The largest absolute Gasteiger partial charge is 0.339 e. The molecule has 0 atom stereocenters. The molecule has 0 N–H and O–H groups in total. The van der Waals surface area contributed by atoms with Crippen LogP contribution in [-0.4, -0.2) is 15.1 Å². The molecular formula is C19H14ClN3OS. The summed E-state index contributed by atoms with van der Waals surface area (Å²) in [4.78, 5) is 9.12. The maximum absolute atomic E-state index is 5.90. The molecule has 0 aliphatic heterocycles. The summed E-state index contributed by atoms with van der Waals surface area (Å²) in [5.41, 5.74) is 3.18. The standard InChI is InChI=1S/C19H14ClN3OS/c20-15-8-6-13(7-9-15)10-17-22-18(24-23-17)11-19-21-16(12-25-19)14-4-2-1-3-5-14/h1-9,12H,10-11H2. The van der Waals surface area contributed by atoms with Crippen LogP contribution in [0.2, 0.25) is 5.02 Å². The number of nitrogens with zero attached hydrogens (tertiary/aromatic N) is 3. The van der Waals surface area contributed by atoms with Crippen molar-refractivity contribution >= 4 is 22.9 Å². The first-order valence-corrected chi connectivity index (χ1v) is 9.08. The van der Waals surface area contributed by atoms with Crippen LogP contribution in [0, 0.1) is 0 Å². The van der Waals surface area contributed by atoms with Crippen LogP contribution >= 0.6 is 22.9 Å². The number of thiazole rings is 1. The Kier molecular flexibility index (Phi) is 4.59. The van der Waals surface area contributed by atoms with Gasteiger partial charge in [-0.25, -0.2) is 4.98 Å². The first kappa shape index (κ1) is 16.0. The molecule has 0 saturated carbocycles. The summed E-state index contributed by atoms with van der Waals surface area (Å²) in [5.74, 6) is 1.25. The fourth-order valence-electron chi connectivity index (χ4n) is 2.48. The zero-order valence-corrected chi connectivity index (χ0v) is 14.8. The summed E-state index contributed by atoms with van der Waals surface area (Å²) in [7, 11) is 0. The van der Waals surface area contributed by atoms with Gasteiger partial charge in [0.15, 0.2) is 5.82 Å². The molecule has 4 rings (SSSR count). The first-order valence-electron chi connectivity index (χ1n) is 7.82. The fourth-order valence-corrected chi connectivity index (χ4v) is 3.40. The Balaban J connectivity index is 1.44. The van der Waals surface area contributed by atoms with Gasteiger partial charge in [0.25, 0.3) is 0 Å². The highest BCUT2D eigenvalue weighted by molar-refractivity contribution is 7.10. The van der Waals surface area contributed by atoms with Gasteiger partial charge in [-0.2, -0.15) is 4.98 Å². The molecule has 0 radical (unpaired) electrons. The second-order valence-electron chi connectivity index (χ2n) is 5.58. The molecule has 0 aliphatic carbocycles. The Morgan fingerprint density at radius 3 is 2.52 bits per heavy atom. The molecule has 2 aromatic heterocycles. The fraction of sp³-hybridized carbons (Fsp3) is 0.105. The van der Waals surface area contributed by atoms with Crippen molar-refractivity contribution in [2.24, 2.45) is 0 Å². The highest BCUT2D eigenvalue weighted by Crippen LogP contribution is 2.23. The van der Waals surface area contributed by atoms with E-state index < -0.39 is 0 Å². The van der Waals surface area contributed by atoms with Gasteiger partial charge in [0.05, 0.1) is 12.1 Å². The third-order valence-electron chi connectivity index (χ3n) is 3.71. The van der Waals surface area contributed by atoms with Crippen LogP contribution in [-0.2, 0) is 12.8 Å². The third-order valence-corrected chi connectivity index (χ3v) is 4.81. The third kappa shape index (κ3) is 3.95. The summed E-state index contributed by atoms with van der Waals surface area (Å²) in [6, 6.07) is 17.8. The van der Waals surface area contributed by atoms with E-state index in [1.807, 2.05) is 42.5 Å². The predicted octanol–water partition coefficient (Wildman–Crippen LogP) is 5.03. The number of halogens is 1. The van der Waals surface area contributed by atoms with Crippen LogP contribution in [0.25, 0.3) is 11.3 Å². The Bertz CT molecular complexity index is 964. The van der Waals surface area contributed by atoms with Crippen molar-refractivity contribution in [3.8, 4) is 11.3 Å². The monoisotopic (exact) mass is 367 g/mol. The quantitative estimate of drug-likeness (QED) is 0.496. The Morgan fingerprint density at radius 2 is 1.72 bits per heavy atom. The summed E-state index contributed by atoms with van der Waals surface area (Å²) in [6.45, 7) is 0. The molecule has 0 fully saturated rings. The lowest BCUT2D eigenvalue weighted by Crippen LogP contribution is -1.92. The van der Waals surface area contributed by atoms with Crippen LogP contribution in [0.15, 0.2) is 64.5 Å². The van der Waals surface area contributed by atoms with Gasteiger partial charge in [0.1, 0.15) is 5.01 Å². The van der Waals surface area contributed by atoms with Crippen molar-refractivity contribution in [1.29, 1.82) is 0 Å². The molecule has 4 aromatic rings. The van der Waals surface area contributed by atoms with Gasteiger partial charge >= 0.3 is 0 Å². The normalized spacial score (nSPS) is 10.9. The first-order chi connectivity index (χ1) is 12.3. The molecule has 0 saturated heterocycles. The van der Waals surface area contributed by atoms with Crippen molar-refractivity contribution < 1.29 is 4.52 Å². The van der Waals surface area contributed by atoms with Crippen LogP contribution in [0.5, 0.6) is 0 Å². The maximum atomic E-state index is 5.90. The Hall–Kier alpha value is -2.50.